The number of aryl methyl sites for hydroxylation is 2. The summed E-state index contributed by atoms with van der Waals surface area (Å²) in [6.07, 6.45) is 3.42. The lowest BCUT2D eigenvalue weighted by Gasteiger charge is -2.11. The van der Waals surface area contributed by atoms with E-state index in [4.69, 9.17) is 4.98 Å². The van der Waals surface area contributed by atoms with Crippen molar-refractivity contribution in [2.24, 2.45) is 0 Å². The molecule has 0 saturated heterocycles. The maximum Gasteiger partial charge on any atom is 0.256 e. The third-order valence-electron chi connectivity index (χ3n) is 5.34. The summed E-state index contributed by atoms with van der Waals surface area (Å²) in [6, 6.07) is 26.0. The van der Waals surface area contributed by atoms with Gasteiger partial charge in [0.15, 0.2) is 0 Å². The summed E-state index contributed by atoms with van der Waals surface area (Å²) in [6.45, 7) is 4.25. The van der Waals surface area contributed by atoms with Gasteiger partial charge in [0.1, 0.15) is 0 Å². The molecule has 3 heteroatoms. The number of nitrogens with zero attached hydrogens (tertiary/aromatic N) is 1. The number of carbonyl (C=O) groups excluding carboxylic acids is 1. The van der Waals surface area contributed by atoms with Gasteiger partial charge in [-0.1, -0.05) is 73.5 Å². The highest BCUT2D eigenvalue weighted by atomic mass is 16.1. The van der Waals surface area contributed by atoms with Gasteiger partial charge >= 0.3 is 0 Å². The van der Waals surface area contributed by atoms with Crippen molar-refractivity contribution in [1.82, 2.24) is 4.98 Å². The predicted molar refractivity (Wildman–Crippen MR) is 125 cm³/mol. The number of rotatable bonds is 6. The van der Waals surface area contributed by atoms with Crippen LogP contribution in [0.1, 0.15) is 41.3 Å². The number of anilines is 1. The predicted octanol–water partition coefficient (Wildman–Crippen LogP) is 6.81. The maximum atomic E-state index is 13.2. The highest BCUT2D eigenvalue weighted by Crippen LogP contribution is 2.26. The molecule has 1 heterocycles. The molecule has 1 N–H and O–H groups in total. The first-order valence-electron chi connectivity index (χ1n) is 10.5. The first kappa shape index (κ1) is 19.8. The fourth-order valence-electron chi connectivity index (χ4n) is 3.57. The minimum atomic E-state index is -0.122. The molecule has 0 aliphatic carbocycles. The Kier molecular flexibility index (Phi) is 5.89. The third kappa shape index (κ3) is 4.41. The van der Waals surface area contributed by atoms with E-state index in [1.807, 2.05) is 54.6 Å². The van der Waals surface area contributed by atoms with Gasteiger partial charge in [0.25, 0.3) is 5.91 Å². The zero-order valence-corrected chi connectivity index (χ0v) is 17.5. The van der Waals surface area contributed by atoms with Gasteiger partial charge in [-0.2, -0.15) is 0 Å². The topological polar surface area (TPSA) is 42.0 Å². The van der Waals surface area contributed by atoms with Crippen molar-refractivity contribution in [3.05, 3.63) is 95.6 Å². The van der Waals surface area contributed by atoms with Gasteiger partial charge in [-0.15, -0.1) is 0 Å². The molecule has 0 aliphatic heterocycles. The number of unbranched alkanes of at least 4 members (excludes halogenated alkanes) is 1. The largest absolute Gasteiger partial charge is 0.322 e. The van der Waals surface area contributed by atoms with Crippen LogP contribution < -0.4 is 5.32 Å². The van der Waals surface area contributed by atoms with Crippen LogP contribution in [-0.2, 0) is 6.42 Å². The number of carbonyl (C=O) groups is 1. The highest BCUT2D eigenvalue weighted by molar-refractivity contribution is 6.13. The van der Waals surface area contributed by atoms with E-state index in [1.165, 1.54) is 24.0 Å². The Hall–Kier alpha value is -3.46. The molecule has 0 bridgehead atoms. The van der Waals surface area contributed by atoms with E-state index < -0.39 is 0 Å². The van der Waals surface area contributed by atoms with Crippen molar-refractivity contribution in [2.45, 2.75) is 33.1 Å². The Morgan fingerprint density at radius 2 is 1.67 bits per heavy atom. The summed E-state index contributed by atoms with van der Waals surface area (Å²) in [7, 11) is 0. The van der Waals surface area contributed by atoms with Crippen LogP contribution in [0.2, 0.25) is 0 Å². The molecule has 0 aliphatic rings. The summed E-state index contributed by atoms with van der Waals surface area (Å²) < 4.78 is 0. The third-order valence-corrected chi connectivity index (χ3v) is 5.34. The average molecular weight is 395 g/mol. The Bertz CT molecular complexity index is 1160. The lowest BCUT2D eigenvalue weighted by molar-refractivity contribution is 0.102. The molecule has 3 aromatic carbocycles. The van der Waals surface area contributed by atoms with Crippen LogP contribution in [0, 0.1) is 6.92 Å². The Balaban J connectivity index is 1.66. The molecule has 150 valence electrons. The fourth-order valence-corrected chi connectivity index (χ4v) is 3.57. The van der Waals surface area contributed by atoms with Crippen molar-refractivity contribution >= 4 is 22.5 Å². The lowest BCUT2D eigenvalue weighted by Crippen LogP contribution is -2.13. The number of amides is 1. The van der Waals surface area contributed by atoms with E-state index in [9.17, 15) is 4.79 Å². The van der Waals surface area contributed by atoms with Crippen molar-refractivity contribution in [2.75, 3.05) is 5.32 Å². The van der Waals surface area contributed by atoms with Gasteiger partial charge in [-0.3, -0.25) is 4.79 Å². The van der Waals surface area contributed by atoms with Gasteiger partial charge < -0.3 is 5.32 Å². The number of fused-ring (bicyclic) bond motifs is 1. The van der Waals surface area contributed by atoms with Crippen LogP contribution in [-0.4, -0.2) is 10.9 Å². The fraction of sp³-hybridized carbons (Fsp3) is 0.185. The second-order valence-electron chi connectivity index (χ2n) is 7.69. The Morgan fingerprint density at radius 1 is 0.933 bits per heavy atom. The van der Waals surface area contributed by atoms with Gasteiger partial charge in [-0.05, 0) is 49.6 Å². The van der Waals surface area contributed by atoms with E-state index >= 15 is 0 Å². The molecule has 4 aromatic rings. The van der Waals surface area contributed by atoms with Crippen molar-refractivity contribution < 1.29 is 4.79 Å². The van der Waals surface area contributed by atoms with Crippen LogP contribution in [0.15, 0.2) is 78.9 Å². The molecule has 0 radical (unpaired) electrons. The second-order valence-corrected chi connectivity index (χ2v) is 7.69. The summed E-state index contributed by atoms with van der Waals surface area (Å²) in [4.78, 5) is 18.0. The molecule has 0 spiro atoms. The summed E-state index contributed by atoms with van der Waals surface area (Å²) >= 11 is 0. The maximum absolute atomic E-state index is 13.2. The van der Waals surface area contributed by atoms with E-state index in [1.54, 1.807) is 0 Å². The molecule has 4 rings (SSSR count). The number of hydrogen-bond donors (Lipinski definition) is 1. The molecule has 1 aromatic heterocycles. The van der Waals surface area contributed by atoms with Crippen LogP contribution >= 0.6 is 0 Å². The number of pyridine rings is 1. The van der Waals surface area contributed by atoms with Crippen molar-refractivity contribution in [3.63, 3.8) is 0 Å². The molecule has 0 atom stereocenters. The first-order chi connectivity index (χ1) is 14.6. The number of benzene rings is 3. The standard InChI is InChI=1S/C27H26N2O/c1-3-4-7-20-12-16-22(17-13-20)28-27(30)24-18-26(21-14-10-19(2)11-15-21)29-25-9-6-5-8-23(24)25/h5-6,8-18H,3-4,7H2,1-2H3,(H,28,30). The molecule has 0 unspecified atom stereocenters. The SMILES string of the molecule is CCCCc1ccc(NC(=O)c2cc(-c3ccc(C)cc3)nc3ccccc23)cc1. The summed E-state index contributed by atoms with van der Waals surface area (Å²) in [5, 5.41) is 3.91. The Labute approximate surface area is 177 Å². The minimum Gasteiger partial charge on any atom is -0.322 e. The molecule has 0 saturated carbocycles. The summed E-state index contributed by atoms with van der Waals surface area (Å²) in [5.41, 5.74) is 6.54. The molecule has 30 heavy (non-hydrogen) atoms. The monoisotopic (exact) mass is 394 g/mol. The van der Waals surface area contributed by atoms with E-state index in [-0.39, 0.29) is 5.91 Å². The molecular weight excluding hydrogens is 368 g/mol. The zero-order chi connectivity index (χ0) is 20.9. The smallest absolute Gasteiger partial charge is 0.256 e. The van der Waals surface area contributed by atoms with E-state index in [0.717, 1.165) is 34.3 Å². The first-order valence-corrected chi connectivity index (χ1v) is 10.5. The van der Waals surface area contributed by atoms with Crippen LogP contribution in [0.4, 0.5) is 5.69 Å². The van der Waals surface area contributed by atoms with Gasteiger partial charge in [-0.25, -0.2) is 4.98 Å². The normalized spacial score (nSPS) is 10.9. The van der Waals surface area contributed by atoms with Crippen LogP contribution in [0.25, 0.3) is 22.2 Å². The van der Waals surface area contributed by atoms with Crippen molar-refractivity contribution in [1.29, 1.82) is 0 Å². The van der Waals surface area contributed by atoms with Crippen LogP contribution in [0.3, 0.4) is 0 Å². The molecule has 1 amide bonds. The number of aromatic nitrogens is 1. The lowest BCUT2D eigenvalue weighted by atomic mass is 10.0. The van der Waals surface area contributed by atoms with E-state index in [2.05, 4.69) is 43.4 Å². The summed E-state index contributed by atoms with van der Waals surface area (Å²) in [5.74, 6) is -0.122. The molecule has 0 fully saturated rings. The van der Waals surface area contributed by atoms with Crippen molar-refractivity contribution in [3.8, 4) is 11.3 Å². The number of nitrogens with one attached hydrogen (secondary N) is 1. The molecular formula is C27H26N2O. The Morgan fingerprint density at radius 3 is 2.40 bits per heavy atom. The number of hydrogen-bond acceptors (Lipinski definition) is 2. The zero-order valence-electron chi connectivity index (χ0n) is 17.5. The van der Waals surface area contributed by atoms with Gasteiger partial charge in [0.05, 0.1) is 16.8 Å². The molecule has 3 nitrogen and oxygen atoms in total. The second kappa shape index (κ2) is 8.91. The van der Waals surface area contributed by atoms with Gasteiger partial charge in [0, 0.05) is 16.6 Å². The van der Waals surface area contributed by atoms with Crippen LogP contribution in [0.5, 0.6) is 0 Å². The van der Waals surface area contributed by atoms with E-state index in [0.29, 0.717) is 5.56 Å². The highest BCUT2D eigenvalue weighted by Gasteiger charge is 2.14. The average Bonchev–Trinajstić information content (AvgIpc) is 2.78. The minimum absolute atomic E-state index is 0.122. The number of para-hydroxylation sites is 1. The van der Waals surface area contributed by atoms with Gasteiger partial charge in [0.2, 0.25) is 0 Å². The quantitative estimate of drug-likeness (QED) is 0.390.